The van der Waals surface area contributed by atoms with Gasteiger partial charge in [-0.25, -0.2) is 0 Å². The van der Waals surface area contributed by atoms with Gasteiger partial charge in [-0.05, 0) is 0 Å². The molecule has 2 aromatic rings. The van der Waals surface area contributed by atoms with Crippen LogP contribution in [0.15, 0.2) is 42.5 Å². The van der Waals surface area contributed by atoms with Gasteiger partial charge in [-0.2, -0.15) is 0 Å². The van der Waals surface area contributed by atoms with Crippen molar-refractivity contribution in [3.63, 3.8) is 0 Å². The van der Waals surface area contributed by atoms with Gasteiger partial charge < -0.3 is 0 Å². The SMILES string of the molecule is CC(F)(F)C(F)(c1ccc(N[C](=[W])c2cccc(NCC3CC3)c2F)cc1)C(F)(F)F. The average molecular weight is 616 g/mol. The summed E-state index contributed by atoms with van der Waals surface area (Å²) in [7, 11) is 0. The second-order valence-electron chi connectivity index (χ2n) is 7.57. The van der Waals surface area contributed by atoms with Crippen LogP contribution in [0.2, 0.25) is 0 Å². The monoisotopic (exact) mass is 616 g/mol. The summed E-state index contributed by atoms with van der Waals surface area (Å²) in [6.07, 6.45) is -3.58. The van der Waals surface area contributed by atoms with Crippen molar-refractivity contribution in [3.05, 3.63) is 59.4 Å². The third-order valence-corrected chi connectivity index (χ3v) is 6.21. The summed E-state index contributed by atoms with van der Waals surface area (Å²) in [5.41, 5.74) is -5.20. The third kappa shape index (κ3) is 4.97. The van der Waals surface area contributed by atoms with Gasteiger partial charge in [0.05, 0.1) is 0 Å². The van der Waals surface area contributed by atoms with E-state index in [1.54, 1.807) is 18.2 Å². The van der Waals surface area contributed by atoms with Gasteiger partial charge in [-0.1, -0.05) is 0 Å². The molecule has 0 heterocycles. The quantitative estimate of drug-likeness (QED) is 0.347. The van der Waals surface area contributed by atoms with Crippen LogP contribution in [-0.4, -0.2) is 22.7 Å². The Morgan fingerprint density at radius 3 is 2.13 bits per heavy atom. The van der Waals surface area contributed by atoms with Gasteiger partial charge in [-0.15, -0.1) is 0 Å². The van der Waals surface area contributed by atoms with Crippen LogP contribution in [0.3, 0.4) is 0 Å². The molecule has 10 heteroatoms. The van der Waals surface area contributed by atoms with Crippen molar-refractivity contribution in [2.45, 2.75) is 37.5 Å². The molecule has 0 bridgehead atoms. The van der Waals surface area contributed by atoms with Crippen molar-refractivity contribution in [2.75, 3.05) is 17.2 Å². The van der Waals surface area contributed by atoms with Crippen molar-refractivity contribution in [1.29, 1.82) is 0 Å². The Labute approximate surface area is 185 Å². The van der Waals surface area contributed by atoms with Crippen LogP contribution in [0.1, 0.15) is 30.9 Å². The summed E-state index contributed by atoms with van der Waals surface area (Å²) in [6, 6.07) is 8.25. The van der Waals surface area contributed by atoms with E-state index in [2.05, 4.69) is 10.6 Å². The molecule has 3 rings (SSSR count). The summed E-state index contributed by atoms with van der Waals surface area (Å²) in [6.45, 7) is 0.564. The molecular formula is C21H19F7N2W. The van der Waals surface area contributed by atoms with E-state index in [0.717, 1.165) is 44.3 Å². The van der Waals surface area contributed by atoms with E-state index in [0.29, 0.717) is 34.3 Å². The number of alkyl halides is 6. The molecule has 168 valence electrons. The molecule has 1 aliphatic carbocycles. The van der Waals surface area contributed by atoms with E-state index in [9.17, 15) is 30.7 Å². The topological polar surface area (TPSA) is 24.1 Å². The second-order valence-corrected chi connectivity index (χ2v) is 9.03. The summed E-state index contributed by atoms with van der Waals surface area (Å²) in [5.74, 6) is -4.60. The van der Waals surface area contributed by atoms with Gasteiger partial charge >= 0.3 is 186 Å². The van der Waals surface area contributed by atoms with Crippen molar-refractivity contribution in [2.24, 2.45) is 5.92 Å². The van der Waals surface area contributed by atoms with E-state index >= 15 is 0 Å². The molecule has 31 heavy (non-hydrogen) atoms. The Morgan fingerprint density at radius 2 is 1.61 bits per heavy atom. The normalized spacial score (nSPS) is 16.5. The first-order chi connectivity index (χ1) is 14.3. The summed E-state index contributed by atoms with van der Waals surface area (Å²) in [5, 5.41) is 5.91. The average Bonchev–Trinajstić information content (AvgIpc) is 3.50. The molecule has 0 aliphatic heterocycles. The van der Waals surface area contributed by atoms with E-state index in [1.165, 1.54) is 0 Å². The van der Waals surface area contributed by atoms with Crippen LogP contribution in [0, 0.1) is 11.7 Å². The van der Waals surface area contributed by atoms with Crippen LogP contribution >= 0.6 is 0 Å². The molecule has 0 aromatic heterocycles. The van der Waals surface area contributed by atoms with E-state index in [1.807, 2.05) is 0 Å². The zero-order valence-corrected chi connectivity index (χ0v) is 19.2. The number of rotatable bonds is 8. The summed E-state index contributed by atoms with van der Waals surface area (Å²) < 4.78 is 96.1. The fourth-order valence-electron chi connectivity index (χ4n) is 3.07. The molecule has 0 radical (unpaired) electrons. The number of benzene rings is 2. The van der Waals surface area contributed by atoms with Crippen LogP contribution in [-0.2, 0) is 25.0 Å². The van der Waals surface area contributed by atoms with Gasteiger partial charge in [0.2, 0.25) is 0 Å². The minimum absolute atomic E-state index is 0.110. The Balaban J connectivity index is 1.78. The molecule has 2 aromatic carbocycles. The number of halogens is 7. The van der Waals surface area contributed by atoms with Gasteiger partial charge in [0, 0.05) is 0 Å². The predicted octanol–water partition coefficient (Wildman–Crippen LogP) is 6.17. The van der Waals surface area contributed by atoms with Crippen molar-refractivity contribution in [1.82, 2.24) is 0 Å². The zero-order valence-electron chi connectivity index (χ0n) is 16.3. The molecule has 0 amide bonds. The summed E-state index contributed by atoms with van der Waals surface area (Å²) in [4.78, 5) is 0. The van der Waals surface area contributed by atoms with E-state index in [-0.39, 0.29) is 18.2 Å². The molecule has 0 spiro atoms. The van der Waals surface area contributed by atoms with Crippen molar-refractivity contribution < 1.29 is 50.1 Å². The Morgan fingerprint density at radius 1 is 1.00 bits per heavy atom. The number of hydrogen-bond donors (Lipinski definition) is 2. The van der Waals surface area contributed by atoms with Crippen LogP contribution in [0.25, 0.3) is 0 Å². The Bertz CT molecular complexity index is 934. The Kier molecular flexibility index (Phi) is 6.57. The molecule has 1 unspecified atom stereocenters. The van der Waals surface area contributed by atoms with E-state index in [4.69, 9.17) is 0 Å². The zero-order chi connectivity index (χ0) is 23.0. The predicted molar refractivity (Wildman–Crippen MR) is 101 cm³/mol. The molecule has 1 saturated carbocycles. The summed E-state index contributed by atoms with van der Waals surface area (Å²) >= 11 is 0.840. The van der Waals surface area contributed by atoms with E-state index < -0.39 is 29.1 Å². The van der Waals surface area contributed by atoms with Crippen molar-refractivity contribution >= 4 is 15.4 Å². The first kappa shape index (κ1) is 23.8. The van der Waals surface area contributed by atoms with Gasteiger partial charge in [0.1, 0.15) is 0 Å². The third-order valence-electron chi connectivity index (χ3n) is 5.06. The molecule has 2 nitrogen and oxygen atoms in total. The molecular weight excluding hydrogens is 597 g/mol. The number of anilines is 2. The molecule has 1 fully saturated rings. The number of hydrogen-bond acceptors (Lipinski definition) is 2. The Hall–Kier alpha value is -1.89. The molecule has 1 aliphatic rings. The maximum absolute atomic E-state index is 14.8. The van der Waals surface area contributed by atoms with Crippen LogP contribution < -0.4 is 10.6 Å². The number of nitrogens with one attached hydrogen (secondary N) is 2. The first-order valence-electron chi connectivity index (χ1n) is 9.42. The second kappa shape index (κ2) is 8.57. The van der Waals surface area contributed by atoms with Crippen molar-refractivity contribution in [3.8, 4) is 0 Å². The van der Waals surface area contributed by atoms with Gasteiger partial charge in [0.25, 0.3) is 0 Å². The maximum atomic E-state index is 14.8. The van der Waals surface area contributed by atoms with Crippen LogP contribution in [0.5, 0.6) is 0 Å². The molecule has 0 saturated heterocycles. The molecule has 2 N–H and O–H groups in total. The first-order valence-corrected chi connectivity index (χ1v) is 10.9. The fraction of sp³-hybridized carbons (Fsp3) is 0.381. The molecule has 1 atom stereocenters. The van der Waals surface area contributed by atoms with Crippen LogP contribution in [0.4, 0.5) is 42.1 Å². The fourth-order valence-corrected chi connectivity index (χ4v) is 4.06. The standard InChI is InChI=1S/C21H19F7N2.W/c1-19(23,24)20(25,21(26,27)28)15-7-9-16(10-8-15)29-12-14-3-2-4-17(18(14)22)30-11-13-5-6-13;/h2-4,7-10,13,29-30H,5-6,11H2,1H3;. The minimum atomic E-state index is -5.80. The van der Waals surface area contributed by atoms with Gasteiger partial charge in [-0.3, -0.25) is 0 Å². The van der Waals surface area contributed by atoms with Gasteiger partial charge in [0.15, 0.2) is 0 Å².